The molecule has 0 saturated carbocycles. The molecule has 2 aliphatic rings. The highest BCUT2D eigenvalue weighted by atomic mass is 35.5. The van der Waals surface area contributed by atoms with E-state index in [9.17, 15) is 0 Å². The van der Waals surface area contributed by atoms with Crippen LogP contribution in [0.15, 0.2) is 84.9 Å². The highest BCUT2D eigenvalue weighted by Crippen LogP contribution is 2.33. The summed E-state index contributed by atoms with van der Waals surface area (Å²) in [7, 11) is 0. The molecule has 0 amide bonds. The number of hydrogen-bond donors (Lipinski definition) is 1. The fraction of sp³-hybridized carbons (Fsp3) is 0.394. The van der Waals surface area contributed by atoms with Crippen LogP contribution in [0.1, 0.15) is 50.5 Å². The lowest BCUT2D eigenvalue weighted by Crippen LogP contribution is -2.53. The van der Waals surface area contributed by atoms with Gasteiger partial charge in [0.1, 0.15) is 0 Å². The Hall–Kier alpha value is -2.03. The van der Waals surface area contributed by atoms with E-state index in [0.29, 0.717) is 18.2 Å². The standard InChI is InChI=1S/C22H23NOS.C9H13NOS.C2H6.ClH/c1-17-12-13-21(25-17)16-24-20-14-23(15-20)22(18-8-4-2-5-9-18)19-10-6-3-7-11-19;1-7-2-3-9(12-7)6-11-8-4-10-5-8;1-2;/h2-13,20,22H,14-16H2,1H3;2-3,8,10H,4-6H2,1H3;1-2H3;1H. The Morgan fingerprint density at radius 2 is 1.15 bits per heavy atom. The summed E-state index contributed by atoms with van der Waals surface area (Å²) in [6, 6.07) is 30.5. The minimum atomic E-state index is 0. The number of ether oxygens (including phenoxy) is 2. The normalized spacial score (nSPS) is 15.1. The smallest absolute Gasteiger partial charge is 0.0834 e. The molecule has 40 heavy (non-hydrogen) atoms. The van der Waals surface area contributed by atoms with Crippen molar-refractivity contribution in [3.63, 3.8) is 0 Å². The monoisotopic (exact) mass is 598 g/mol. The Bertz CT molecular complexity index is 1180. The highest BCUT2D eigenvalue weighted by Gasteiger charge is 2.34. The molecule has 6 rings (SSSR count). The summed E-state index contributed by atoms with van der Waals surface area (Å²) in [4.78, 5) is 7.87. The summed E-state index contributed by atoms with van der Waals surface area (Å²) in [5.41, 5.74) is 2.70. The first-order valence-electron chi connectivity index (χ1n) is 14.0. The molecule has 2 saturated heterocycles. The van der Waals surface area contributed by atoms with Crippen molar-refractivity contribution in [3.05, 3.63) is 116 Å². The fourth-order valence-corrected chi connectivity index (χ4v) is 6.20. The molecule has 7 heteroatoms. The third kappa shape index (κ3) is 9.52. The maximum absolute atomic E-state index is 6.10. The van der Waals surface area contributed by atoms with E-state index in [2.05, 4.69) is 109 Å². The van der Waals surface area contributed by atoms with Crippen molar-refractivity contribution in [1.82, 2.24) is 10.2 Å². The molecule has 4 heterocycles. The average Bonchev–Trinajstić information content (AvgIpc) is 3.54. The molecule has 216 valence electrons. The van der Waals surface area contributed by atoms with Gasteiger partial charge in [0.2, 0.25) is 0 Å². The van der Waals surface area contributed by atoms with Crippen molar-refractivity contribution >= 4 is 35.1 Å². The molecule has 1 N–H and O–H groups in total. The first-order chi connectivity index (χ1) is 19.1. The van der Waals surface area contributed by atoms with Gasteiger partial charge in [0.15, 0.2) is 0 Å². The predicted octanol–water partition coefficient (Wildman–Crippen LogP) is 8.04. The van der Waals surface area contributed by atoms with Gasteiger partial charge in [0.05, 0.1) is 31.5 Å². The predicted molar refractivity (Wildman–Crippen MR) is 173 cm³/mol. The van der Waals surface area contributed by atoms with Gasteiger partial charge >= 0.3 is 0 Å². The molecule has 0 radical (unpaired) electrons. The molecule has 2 fully saturated rings. The minimum absolute atomic E-state index is 0. The molecule has 4 nitrogen and oxygen atoms in total. The average molecular weight is 599 g/mol. The fourth-order valence-electron chi connectivity index (χ4n) is 4.58. The lowest BCUT2D eigenvalue weighted by Gasteiger charge is -2.44. The summed E-state index contributed by atoms with van der Waals surface area (Å²) < 4.78 is 11.7. The quantitative estimate of drug-likeness (QED) is 0.211. The second-order valence-corrected chi connectivity index (χ2v) is 12.5. The molecule has 0 aliphatic carbocycles. The van der Waals surface area contributed by atoms with E-state index in [1.165, 1.54) is 30.6 Å². The maximum Gasteiger partial charge on any atom is 0.0834 e. The van der Waals surface area contributed by atoms with Crippen molar-refractivity contribution in [2.75, 3.05) is 26.2 Å². The molecule has 2 aromatic heterocycles. The first kappa shape index (κ1) is 32.5. The van der Waals surface area contributed by atoms with Crippen molar-refractivity contribution in [1.29, 1.82) is 0 Å². The number of thiophene rings is 2. The summed E-state index contributed by atoms with van der Waals surface area (Å²) >= 11 is 3.65. The van der Waals surface area contributed by atoms with E-state index < -0.39 is 0 Å². The topological polar surface area (TPSA) is 33.7 Å². The van der Waals surface area contributed by atoms with E-state index >= 15 is 0 Å². The maximum atomic E-state index is 6.10. The Morgan fingerprint density at radius 1 is 0.700 bits per heavy atom. The van der Waals surface area contributed by atoms with E-state index in [1.54, 1.807) is 0 Å². The van der Waals surface area contributed by atoms with Crippen LogP contribution in [0.25, 0.3) is 0 Å². The van der Waals surface area contributed by atoms with Gasteiger partial charge in [-0.3, -0.25) is 4.90 Å². The number of halogens is 1. The van der Waals surface area contributed by atoms with Gasteiger partial charge in [-0.25, -0.2) is 0 Å². The van der Waals surface area contributed by atoms with Crippen LogP contribution in [0.3, 0.4) is 0 Å². The Morgan fingerprint density at radius 3 is 1.52 bits per heavy atom. The van der Waals surface area contributed by atoms with E-state index in [1.807, 2.05) is 36.5 Å². The number of hydrogen-bond acceptors (Lipinski definition) is 6. The van der Waals surface area contributed by atoms with Gasteiger partial charge in [-0.1, -0.05) is 74.5 Å². The van der Waals surface area contributed by atoms with Crippen molar-refractivity contribution in [3.8, 4) is 0 Å². The van der Waals surface area contributed by atoms with Crippen molar-refractivity contribution < 1.29 is 9.47 Å². The molecular weight excluding hydrogens is 556 g/mol. The van der Waals surface area contributed by atoms with Crippen molar-refractivity contribution in [2.45, 2.75) is 59.2 Å². The van der Waals surface area contributed by atoms with Crippen LogP contribution >= 0.6 is 35.1 Å². The summed E-state index contributed by atoms with van der Waals surface area (Å²) in [6.45, 7) is 13.8. The number of benzene rings is 2. The molecule has 0 unspecified atom stereocenters. The first-order valence-corrected chi connectivity index (χ1v) is 15.7. The van der Waals surface area contributed by atoms with Crippen LogP contribution < -0.4 is 5.32 Å². The third-order valence-electron chi connectivity index (χ3n) is 6.73. The van der Waals surface area contributed by atoms with Crippen LogP contribution in [0, 0.1) is 13.8 Å². The lowest BCUT2D eigenvalue weighted by atomic mass is 9.94. The molecule has 2 aromatic carbocycles. The van der Waals surface area contributed by atoms with E-state index in [0.717, 1.165) is 39.4 Å². The van der Waals surface area contributed by atoms with Gasteiger partial charge < -0.3 is 14.8 Å². The second-order valence-electron chi connectivity index (χ2n) is 9.73. The van der Waals surface area contributed by atoms with Gasteiger partial charge in [-0.15, -0.1) is 35.1 Å². The van der Waals surface area contributed by atoms with E-state index in [-0.39, 0.29) is 12.4 Å². The molecular formula is C33H43ClN2O2S2. The van der Waals surface area contributed by atoms with Crippen LogP contribution in [0.4, 0.5) is 0 Å². The number of aryl methyl sites for hydroxylation is 2. The molecule has 0 bridgehead atoms. The van der Waals surface area contributed by atoms with Gasteiger partial charge in [0, 0.05) is 45.7 Å². The SMILES string of the molecule is CC.Cc1ccc(COC2CN(C(c3ccccc3)c3ccccc3)C2)s1.Cc1ccc(COC2CNC2)s1.Cl. The summed E-state index contributed by atoms with van der Waals surface area (Å²) in [5.74, 6) is 0. The number of nitrogens with one attached hydrogen (secondary N) is 1. The number of nitrogens with zero attached hydrogens (tertiary/aromatic N) is 1. The van der Waals surface area contributed by atoms with Crippen molar-refractivity contribution in [2.24, 2.45) is 0 Å². The Labute approximate surface area is 254 Å². The third-order valence-corrected chi connectivity index (χ3v) is 8.68. The van der Waals surface area contributed by atoms with E-state index in [4.69, 9.17) is 9.47 Å². The van der Waals surface area contributed by atoms with Crippen LogP contribution in [-0.4, -0.2) is 43.3 Å². The zero-order valence-corrected chi connectivity index (χ0v) is 26.5. The van der Waals surface area contributed by atoms with Crippen LogP contribution in [0.5, 0.6) is 0 Å². The van der Waals surface area contributed by atoms with Crippen LogP contribution in [-0.2, 0) is 22.7 Å². The minimum Gasteiger partial charge on any atom is -0.370 e. The van der Waals surface area contributed by atoms with Gasteiger partial charge in [-0.05, 0) is 49.2 Å². The second kappa shape index (κ2) is 17.0. The summed E-state index contributed by atoms with van der Waals surface area (Å²) in [5, 5.41) is 3.18. The van der Waals surface area contributed by atoms with Crippen LogP contribution in [0.2, 0.25) is 0 Å². The lowest BCUT2D eigenvalue weighted by molar-refractivity contribution is -0.0733. The van der Waals surface area contributed by atoms with Gasteiger partial charge in [-0.2, -0.15) is 0 Å². The number of rotatable bonds is 9. The Balaban J connectivity index is 0.000000248. The summed E-state index contributed by atoms with van der Waals surface area (Å²) in [6.07, 6.45) is 0.782. The molecule has 0 atom stereocenters. The zero-order chi connectivity index (χ0) is 27.5. The largest absolute Gasteiger partial charge is 0.370 e. The molecule has 2 aliphatic heterocycles. The molecule has 4 aromatic rings. The highest BCUT2D eigenvalue weighted by molar-refractivity contribution is 7.12. The zero-order valence-electron chi connectivity index (χ0n) is 24.0. The number of likely N-dealkylation sites (tertiary alicyclic amines) is 1. The molecule has 0 spiro atoms. The Kier molecular flexibility index (Phi) is 13.8. The van der Waals surface area contributed by atoms with Gasteiger partial charge in [0.25, 0.3) is 0 Å².